The summed E-state index contributed by atoms with van der Waals surface area (Å²) in [4.78, 5) is 13.0. The summed E-state index contributed by atoms with van der Waals surface area (Å²) in [6.07, 6.45) is 3.37. The largest absolute Gasteiger partial charge is 0.469 e. The smallest absolute Gasteiger partial charge is 0.242 e. The fourth-order valence-electron chi connectivity index (χ4n) is 2.82. The highest BCUT2D eigenvalue weighted by molar-refractivity contribution is 8.00. The number of thioether (sulfide) groups is 1. The van der Waals surface area contributed by atoms with Gasteiger partial charge in [0.15, 0.2) is 0 Å². The lowest BCUT2D eigenvalue weighted by atomic mass is 10.2. The van der Waals surface area contributed by atoms with Crippen molar-refractivity contribution in [3.63, 3.8) is 0 Å². The van der Waals surface area contributed by atoms with E-state index in [4.69, 9.17) is 4.42 Å². The number of hydrogen-bond donors (Lipinski definition) is 1. The first-order valence-corrected chi connectivity index (χ1v) is 10.8. The summed E-state index contributed by atoms with van der Waals surface area (Å²) >= 11 is 1.57. The first-order chi connectivity index (χ1) is 12.4. The number of hydrogen-bond acceptors (Lipinski definition) is 5. The molecule has 1 unspecified atom stereocenters. The van der Waals surface area contributed by atoms with Crippen LogP contribution < -0.4 is 5.32 Å². The van der Waals surface area contributed by atoms with Gasteiger partial charge < -0.3 is 9.73 Å². The number of nitrogens with zero attached hydrogens (tertiary/aromatic N) is 1. The van der Waals surface area contributed by atoms with Crippen LogP contribution in [0.25, 0.3) is 0 Å². The monoisotopic (exact) mass is 394 g/mol. The second-order valence-corrected chi connectivity index (χ2v) is 9.87. The Bertz CT molecular complexity index is 879. The topological polar surface area (TPSA) is 79.6 Å². The van der Waals surface area contributed by atoms with Crippen LogP contribution in [0.4, 0.5) is 5.69 Å². The molecule has 8 heteroatoms. The van der Waals surface area contributed by atoms with Crippen LogP contribution in [0.1, 0.15) is 25.5 Å². The summed E-state index contributed by atoms with van der Waals surface area (Å²) < 4.78 is 32.3. The van der Waals surface area contributed by atoms with Crippen LogP contribution >= 0.6 is 11.8 Å². The van der Waals surface area contributed by atoms with Gasteiger partial charge in [-0.3, -0.25) is 4.79 Å². The van der Waals surface area contributed by atoms with Crippen LogP contribution in [0.2, 0.25) is 0 Å². The van der Waals surface area contributed by atoms with Crippen molar-refractivity contribution < 1.29 is 17.6 Å². The van der Waals surface area contributed by atoms with Crippen LogP contribution in [0.3, 0.4) is 0 Å². The van der Waals surface area contributed by atoms with Crippen molar-refractivity contribution in [2.75, 3.05) is 18.9 Å². The minimum atomic E-state index is -3.61. The molecule has 1 aromatic heterocycles. The number of aryl methyl sites for hydroxylation is 1. The molecule has 2 heterocycles. The van der Waals surface area contributed by atoms with Crippen molar-refractivity contribution in [2.24, 2.45) is 0 Å². The van der Waals surface area contributed by atoms with Gasteiger partial charge in [-0.2, -0.15) is 0 Å². The van der Waals surface area contributed by atoms with Gasteiger partial charge >= 0.3 is 0 Å². The number of anilines is 1. The number of carbonyl (C=O) groups is 1. The molecule has 140 valence electrons. The number of rotatable bonds is 6. The molecule has 0 bridgehead atoms. The van der Waals surface area contributed by atoms with Crippen LogP contribution in [0, 0.1) is 0 Å². The molecule has 2 aromatic rings. The van der Waals surface area contributed by atoms with Gasteiger partial charge in [-0.15, -0.1) is 11.8 Å². The standard InChI is InChI=1S/C18H22N2O4S2/c1-13-11-18(21)19-16-12-15(7-8-17(16)25-13)26(22,23)20(2)9-3-5-14-6-4-10-24-14/h4,6-8,10,12-13H,3,5,9,11H2,1-2H3,(H,19,21). The third kappa shape index (κ3) is 4.31. The summed E-state index contributed by atoms with van der Waals surface area (Å²) in [5.74, 6) is 0.750. The average molecular weight is 395 g/mol. The lowest BCUT2D eigenvalue weighted by Crippen LogP contribution is -2.28. The van der Waals surface area contributed by atoms with E-state index in [-0.39, 0.29) is 16.1 Å². The maximum atomic E-state index is 12.8. The van der Waals surface area contributed by atoms with E-state index in [1.54, 1.807) is 43.3 Å². The highest BCUT2D eigenvalue weighted by Crippen LogP contribution is 2.36. The predicted octanol–water partition coefficient (Wildman–Crippen LogP) is 3.36. The molecule has 26 heavy (non-hydrogen) atoms. The summed E-state index contributed by atoms with van der Waals surface area (Å²) in [7, 11) is -2.05. The summed E-state index contributed by atoms with van der Waals surface area (Å²) in [5, 5.41) is 2.97. The molecule has 1 aliphatic heterocycles. The second kappa shape index (κ2) is 7.85. The average Bonchev–Trinajstić information content (AvgIpc) is 3.04. The first kappa shape index (κ1) is 19.0. The van der Waals surface area contributed by atoms with E-state index in [1.165, 1.54) is 4.31 Å². The van der Waals surface area contributed by atoms with Crippen molar-refractivity contribution in [3.8, 4) is 0 Å². The Morgan fingerprint density at radius 2 is 2.15 bits per heavy atom. The minimum Gasteiger partial charge on any atom is -0.469 e. The fourth-order valence-corrected chi connectivity index (χ4v) is 5.11. The molecule has 1 atom stereocenters. The molecule has 1 aliphatic rings. The Balaban J connectivity index is 1.73. The van der Waals surface area contributed by atoms with E-state index < -0.39 is 10.0 Å². The zero-order valence-electron chi connectivity index (χ0n) is 14.8. The minimum absolute atomic E-state index is 0.0925. The Hall–Kier alpha value is -1.77. The van der Waals surface area contributed by atoms with Gasteiger partial charge in [-0.25, -0.2) is 12.7 Å². The lowest BCUT2D eigenvalue weighted by molar-refractivity contribution is -0.116. The zero-order chi connectivity index (χ0) is 18.7. The number of carbonyl (C=O) groups excluding carboxylic acids is 1. The number of furan rings is 1. The molecular formula is C18H22N2O4S2. The number of amides is 1. The molecule has 0 aliphatic carbocycles. The molecule has 1 aromatic carbocycles. The van der Waals surface area contributed by atoms with Gasteiger partial charge in [-0.05, 0) is 36.8 Å². The predicted molar refractivity (Wildman–Crippen MR) is 102 cm³/mol. The van der Waals surface area contributed by atoms with Crippen molar-refractivity contribution in [1.29, 1.82) is 0 Å². The Kier molecular flexibility index (Phi) is 5.74. The van der Waals surface area contributed by atoms with Crippen LogP contribution in [-0.2, 0) is 21.2 Å². The lowest BCUT2D eigenvalue weighted by Gasteiger charge is -2.18. The first-order valence-electron chi connectivity index (χ1n) is 8.45. The molecule has 0 spiro atoms. The van der Waals surface area contributed by atoms with E-state index in [2.05, 4.69) is 5.32 Å². The maximum absolute atomic E-state index is 12.8. The zero-order valence-corrected chi connectivity index (χ0v) is 16.4. The molecule has 0 fully saturated rings. The highest BCUT2D eigenvalue weighted by Gasteiger charge is 2.24. The van der Waals surface area contributed by atoms with E-state index >= 15 is 0 Å². The summed E-state index contributed by atoms with van der Waals surface area (Å²) in [6.45, 7) is 2.37. The number of benzene rings is 1. The summed E-state index contributed by atoms with van der Waals surface area (Å²) in [5.41, 5.74) is 0.564. The van der Waals surface area contributed by atoms with Crippen molar-refractivity contribution >= 4 is 33.4 Å². The van der Waals surface area contributed by atoms with Gasteiger partial charge in [0.05, 0.1) is 16.8 Å². The molecule has 0 saturated heterocycles. The molecule has 0 saturated carbocycles. The van der Waals surface area contributed by atoms with E-state index in [0.717, 1.165) is 10.7 Å². The van der Waals surface area contributed by atoms with Gasteiger partial charge in [0.1, 0.15) is 5.76 Å². The van der Waals surface area contributed by atoms with Gasteiger partial charge in [0.25, 0.3) is 0 Å². The fraction of sp³-hybridized carbons (Fsp3) is 0.389. The van der Waals surface area contributed by atoms with Crippen LogP contribution in [0.5, 0.6) is 0 Å². The number of fused-ring (bicyclic) bond motifs is 1. The SMILES string of the molecule is CC1CC(=O)Nc2cc(S(=O)(=O)N(C)CCCc3ccco3)ccc2S1. The normalized spacial score (nSPS) is 17.7. The molecule has 6 nitrogen and oxygen atoms in total. The second-order valence-electron chi connectivity index (χ2n) is 6.35. The molecule has 1 N–H and O–H groups in total. The Morgan fingerprint density at radius 1 is 1.35 bits per heavy atom. The maximum Gasteiger partial charge on any atom is 0.242 e. The van der Waals surface area contributed by atoms with E-state index in [1.807, 2.05) is 19.1 Å². The van der Waals surface area contributed by atoms with Gasteiger partial charge in [0, 0.05) is 36.6 Å². The number of nitrogens with one attached hydrogen (secondary N) is 1. The van der Waals surface area contributed by atoms with Gasteiger partial charge in [0.2, 0.25) is 15.9 Å². The Labute approximate surface area is 158 Å². The third-order valence-corrected chi connectivity index (χ3v) is 7.24. The van der Waals surface area contributed by atoms with Gasteiger partial charge in [-0.1, -0.05) is 6.92 Å². The van der Waals surface area contributed by atoms with Crippen molar-refractivity contribution in [2.45, 2.75) is 41.2 Å². The molecule has 0 radical (unpaired) electrons. The number of sulfonamides is 1. The highest BCUT2D eigenvalue weighted by atomic mass is 32.2. The summed E-state index contributed by atoms with van der Waals surface area (Å²) in [6, 6.07) is 8.62. The van der Waals surface area contributed by atoms with Crippen molar-refractivity contribution in [1.82, 2.24) is 4.31 Å². The van der Waals surface area contributed by atoms with Crippen LogP contribution in [-0.4, -0.2) is 37.5 Å². The third-order valence-electron chi connectivity index (χ3n) is 4.21. The molecule has 1 amide bonds. The van der Waals surface area contributed by atoms with Crippen LogP contribution in [0.15, 0.2) is 50.8 Å². The van der Waals surface area contributed by atoms with E-state index in [9.17, 15) is 13.2 Å². The Morgan fingerprint density at radius 3 is 2.88 bits per heavy atom. The molecular weight excluding hydrogens is 372 g/mol. The molecule has 3 rings (SSSR count). The van der Waals surface area contributed by atoms with E-state index in [0.29, 0.717) is 31.5 Å². The van der Waals surface area contributed by atoms with Crippen molar-refractivity contribution in [3.05, 3.63) is 42.4 Å². The quantitative estimate of drug-likeness (QED) is 0.813.